The molecular weight excluding hydrogens is 256 g/mol. The van der Waals surface area contributed by atoms with E-state index >= 15 is 0 Å². The van der Waals surface area contributed by atoms with Gasteiger partial charge in [0.15, 0.2) is 0 Å². The van der Waals surface area contributed by atoms with Crippen molar-refractivity contribution in [2.24, 2.45) is 5.11 Å². The largest absolute Gasteiger partial charge is 0.383 e. The summed E-state index contributed by atoms with van der Waals surface area (Å²) < 4.78 is 0. The third-order valence-corrected chi connectivity index (χ3v) is 2.65. The smallest absolute Gasteiger partial charge is 0.226 e. The minimum atomic E-state index is -0.286. The molecule has 0 atom stereocenters. The van der Waals surface area contributed by atoms with Crippen LogP contribution in [0.5, 0.6) is 0 Å². The number of para-hydroxylation sites is 1. The van der Waals surface area contributed by atoms with Crippen molar-refractivity contribution in [1.82, 2.24) is 10.2 Å². The van der Waals surface area contributed by atoms with Crippen LogP contribution in [0.3, 0.4) is 0 Å². The Balaban J connectivity index is 2.52. The lowest BCUT2D eigenvalue weighted by Gasteiger charge is -2.14. The first-order chi connectivity index (χ1) is 9.63. The summed E-state index contributed by atoms with van der Waals surface area (Å²) >= 11 is 0. The molecule has 0 bridgehead atoms. The van der Waals surface area contributed by atoms with Gasteiger partial charge in [-0.2, -0.15) is 0 Å². The van der Waals surface area contributed by atoms with Crippen LogP contribution in [0, 0.1) is 0 Å². The van der Waals surface area contributed by atoms with E-state index < -0.39 is 0 Å². The summed E-state index contributed by atoms with van der Waals surface area (Å²) in [7, 11) is 4.03. The summed E-state index contributed by atoms with van der Waals surface area (Å²) in [6.45, 7) is 1.99. The lowest BCUT2D eigenvalue weighted by atomic mass is 10.1. The molecule has 1 amide bonds. The van der Waals surface area contributed by atoms with Gasteiger partial charge in [-0.3, -0.25) is 4.79 Å². The Hall–Kier alpha value is -2.24. The molecule has 20 heavy (non-hydrogen) atoms. The van der Waals surface area contributed by atoms with Crippen LogP contribution in [0.2, 0.25) is 0 Å². The van der Waals surface area contributed by atoms with E-state index in [2.05, 4.69) is 25.6 Å². The van der Waals surface area contributed by atoms with Gasteiger partial charge >= 0.3 is 0 Å². The summed E-state index contributed by atoms with van der Waals surface area (Å²) in [6.07, 6.45) is 0. The zero-order chi connectivity index (χ0) is 14.8. The van der Waals surface area contributed by atoms with Crippen LogP contribution >= 0.6 is 0 Å². The molecule has 0 saturated heterocycles. The Morgan fingerprint density at radius 2 is 2.15 bits per heavy atom. The van der Waals surface area contributed by atoms with Crippen LogP contribution in [0.25, 0.3) is 10.4 Å². The van der Waals surface area contributed by atoms with Crippen molar-refractivity contribution in [1.29, 1.82) is 0 Å². The molecular formula is C13H20N6O. The molecule has 0 spiro atoms. The van der Waals surface area contributed by atoms with Crippen molar-refractivity contribution in [2.75, 3.05) is 39.0 Å². The first-order valence-electron chi connectivity index (χ1n) is 6.37. The lowest BCUT2D eigenvalue weighted by Crippen LogP contribution is -2.26. The molecule has 0 aliphatic carbocycles. The predicted octanol–water partition coefficient (Wildman–Crippen LogP) is 1.59. The monoisotopic (exact) mass is 276 g/mol. The fourth-order valence-electron chi connectivity index (χ4n) is 1.61. The SMILES string of the molecule is CN(C)CCNc1ccccc1CNC(=O)CN=[N+]=[N-]. The molecule has 0 aliphatic rings. The summed E-state index contributed by atoms with van der Waals surface area (Å²) in [5.74, 6) is -0.286. The van der Waals surface area contributed by atoms with Gasteiger partial charge in [-0.25, -0.2) is 0 Å². The summed E-state index contributed by atoms with van der Waals surface area (Å²) in [5, 5.41) is 9.28. The number of hydrogen-bond donors (Lipinski definition) is 2. The highest BCUT2D eigenvalue weighted by Crippen LogP contribution is 2.14. The average Bonchev–Trinajstić information content (AvgIpc) is 2.43. The summed E-state index contributed by atoms with van der Waals surface area (Å²) in [4.78, 5) is 16.0. The number of carbonyl (C=O) groups excluding carboxylic acids is 1. The Kier molecular flexibility index (Phi) is 6.95. The number of benzene rings is 1. The number of nitrogens with one attached hydrogen (secondary N) is 2. The molecule has 0 saturated carbocycles. The van der Waals surface area contributed by atoms with E-state index in [9.17, 15) is 4.79 Å². The van der Waals surface area contributed by atoms with Crippen LogP contribution in [-0.2, 0) is 11.3 Å². The van der Waals surface area contributed by atoms with E-state index in [1.165, 1.54) is 0 Å². The second kappa shape index (κ2) is 8.79. The topological polar surface area (TPSA) is 93.1 Å². The molecule has 0 aliphatic heterocycles. The molecule has 0 radical (unpaired) electrons. The second-order valence-electron chi connectivity index (χ2n) is 4.55. The van der Waals surface area contributed by atoms with Gasteiger partial charge in [-0.05, 0) is 31.3 Å². The van der Waals surface area contributed by atoms with Crippen LogP contribution in [0.1, 0.15) is 5.56 Å². The minimum absolute atomic E-state index is 0.174. The van der Waals surface area contributed by atoms with Crippen molar-refractivity contribution in [3.63, 3.8) is 0 Å². The fraction of sp³-hybridized carbons (Fsp3) is 0.462. The number of likely N-dealkylation sites (N-methyl/N-ethyl adjacent to an activating group) is 1. The quantitative estimate of drug-likeness (QED) is 0.429. The molecule has 108 valence electrons. The van der Waals surface area contributed by atoms with Crippen molar-refractivity contribution < 1.29 is 4.79 Å². The van der Waals surface area contributed by atoms with E-state index in [1.54, 1.807) is 0 Å². The minimum Gasteiger partial charge on any atom is -0.383 e. The third kappa shape index (κ3) is 6.08. The molecule has 1 aromatic carbocycles. The molecule has 7 heteroatoms. The third-order valence-electron chi connectivity index (χ3n) is 2.65. The molecule has 0 unspecified atom stereocenters. The van der Waals surface area contributed by atoms with Gasteiger partial charge in [-0.1, -0.05) is 23.3 Å². The van der Waals surface area contributed by atoms with Crippen molar-refractivity contribution in [3.8, 4) is 0 Å². The number of nitrogens with zero attached hydrogens (tertiary/aromatic N) is 4. The van der Waals surface area contributed by atoms with E-state index in [-0.39, 0.29) is 12.5 Å². The maximum Gasteiger partial charge on any atom is 0.226 e. The molecule has 2 N–H and O–H groups in total. The van der Waals surface area contributed by atoms with Gasteiger partial charge in [0.1, 0.15) is 6.54 Å². The Morgan fingerprint density at radius 1 is 1.40 bits per heavy atom. The normalized spacial score (nSPS) is 9.95. The highest BCUT2D eigenvalue weighted by Gasteiger charge is 2.04. The molecule has 0 fully saturated rings. The van der Waals surface area contributed by atoms with E-state index in [1.807, 2.05) is 38.4 Å². The summed E-state index contributed by atoms with van der Waals surface area (Å²) in [6, 6.07) is 7.80. The van der Waals surface area contributed by atoms with Crippen LogP contribution < -0.4 is 10.6 Å². The number of anilines is 1. The van der Waals surface area contributed by atoms with Gasteiger partial charge in [0.2, 0.25) is 5.91 Å². The van der Waals surface area contributed by atoms with E-state index in [0.29, 0.717) is 6.54 Å². The van der Waals surface area contributed by atoms with Gasteiger partial charge < -0.3 is 15.5 Å². The van der Waals surface area contributed by atoms with Gasteiger partial charge in [-0.15, -0.1) is 0 Å². The van der Waals surface area contributed by atoms with Gasteiger partial charge in [0, 0.05) is 30.2 Å². The van der Waals surface area contributed by atoms with Gasteiger partial charge in [0.05, 0.1) is 0 Å². The zero-order valence-corrected chi connectivity index (χ0v) is 11.8. The molecule has 0 heterocycles. The maximum atomic E-state index is 11.4. The first kappa shape index (κ1) is 15.8. The van der Waals surface area contributed by atoms with Gasteiger partial charge in [0.25, 0.3) is 0 Å². The Bertz CT molecular complexity index is 482. The number of rotatable bonds is 8. The van der Waals surface area contributed by atoms with Crippen LogP contribution in [0.15, 0.2) is 29.4 Å². The number of carbonyl (C=O) groups is 1. The Morgan fingerprint density at radius 3 is 2.85 bits per heavy atom. The zero-order valence-electron chi connectivity index (χ0n) is 11.8. The number of hydrogen-bond acceptors (Lipinski definition) is 4. The summed E-state index contributed by atoms with van der Waals surface area (Å²) in [5.41, 5.74) is 10.1. The van der Waals surface area contributed by atoms with E-state index in [4.69, 9.17) is 5.53 Å². The highest BCUT2D eigenvalue weighted by molar-refractivity contribution is 5.78. The number of amides is 1. The molecule has 1 aromatic rings. The fourth-order valence-corrected chi connectivity index (χ4v) is 1.61. The standard InChI is InChI=1S/C13H20N6O/c1-19(2)8-7-15-12-6-4-3-5-11(12)9-16-13(20)10-17-18-14/h3-6,15H,7-10H2,1-2H3,(H,16,20). The van der Waals surface area contributed by atoms with Crippen LogP contribution in [0.4, 0.5) is 5.69 Å². The second-order valence-corrected chi connectivity index (χ2v) is 4.55. The van der Waals surface area contributed by atoms with Crippen molar-refractivity contribution in [2.45, 2.75) is 6.54 Å². The van der Waals surface area contributed by atoms with Crippen molar-refractivity contribution >= 4 is 11.6 Å². The average molecular weight is 276 g/mol. The van der Waals surface area contributed by atoms with Crippen LogP contribution in [-0.4, -0.2) is 44.5 Å². The molecule has 7 nitrogen and oxygen atoms in total. The predicted molar refractivity (Wildman–Crippen MR) is 79.3 cm³/mol. The molecule has 0 aromatic heterocycles. The lowest BCUT2D eigenvalue weighted by molar-refractivity contribution is -0.119. The maximum absolute atomic E-state index is 11.4. The van der Waals surface area contributed by atoms with E-state index in [0.717, 1.165) is 24.3 Å². The van der Waals surface area contributed by atoms with Crippen molar-refractivity contribution in [3.05, 3.63) is 40.3 Å². The number of azide groups is 1. The highest BCUT2D eigenvalue weighted by atomic mass is 16.1. The molecule has 1 rings (SSSR count). The Labute approximate surface area is 118 Å². The first-order valence-corrected chi connectivity index (χ1v) is 6.37.